The maximum atomic E-state index is 12.5. The largest absolute Gasteiger partial charge is 0.497 e. The first-order valence-electron chi connectivity index (χ1n) is 6.30. The summed E-state index contributed by atoms with van der Waals surface area (Å²) in [5, 5.41) is 3.64. The van der Waals surface area contributed by atoms with E-state index in [1.807, 2.05) is 0 Å². The number of ketones is 1. The van der Waals surface area contributed by atoms with Gasteiger partial charge < -0.3 is 15.3 Å². The number of nitrogens with two attached hydrogens (primary N) is 1. The first kappa shape index (κ1) is 14.6. The van der Waals surface area contributed by atoms with Gasteiger partial charge in [-0.2, -0.15) is 5.10 Å². The first-order chi connectivity index (χ1) is 10.2. The Morgan fingerprint density at radius 3 is 2.00 bits per heavy atom. The molecule has 5 heteroatoms. The van der Waals surface area contributed by atoms with Crippen molar-refractivity contribution in [1.82, 2.24) is 0 Å². The maximum absolute atomic E-state index is 12.5. The molecule has 0 atom stereocenters. The molecule has 2 aromatic carbocycles. The Morgan fingerprint density at radius 1 is 0.952 bits per heavy atom. The number of ether oxygens (including phenoxy) is 2. The molecule has 0 radical (unpaired) electrons. The van der Waals surface area contributed by atoms with Crippen LogP contribution in [0.15, 0.2) is 53.6 Å². The number of hydrogen-bond acceptors (Lipinski definition) is 5. The molecular weight excluding hydrogens is 268 g/mol. The molecule has 0 bridgehead atoms. The van der Waals surface area contributed by atoms with Crippen molar-refractivity contribution < 1.29 is 14.3 Å². The number of methoxy groups -OCH3 is 2. The summed E-state index contributed by atoms with van der Waals surface area (Å²) < 4.78 is 10.3. The van der Waals surface area contributed by atoms with Crippen LogP contribution in [-0.4, -0.2) is 25.7 Å². The average Bonchev–Trinajstić information content (AvgIpc) is 2.55. The number of rotatable bonds is 5. The first-order valence-corrected chi connectivity index (χ1v) is 6.30. The third-order valence-corrected chi connectivity index (χ3v) is 3.02. The van der Waals surface area contributed by atoms with Crippen LogP contribution < -0.4 is 15.3 Å². The van der Waals surface area contributed by atoms with Gasteiger partial charge in [-0.15, -0.1) is 0 Å². The standard InChI is InChI=1S/C16H16N2O3/c1-20-13-7-3-5-11(9-13)15(18-17)16(19)12-6-4-8-14(10-12)21-2/h3-10H,17H2,1-2H3. The van der Waals surface area contributed by atoms with Crippen LogP contribution in [0, 0.1) is 0 Å². The summed E-state index contributed by atoms with van der Waals surface area (Å²) in [6.07, 6.45) is 0. The van der Waals surface area contributed by atoms with E-state index in [1.54, 1.807) is 62.8 Å². The second-order valence-electron chi connectivity index (χ2n) is 4.27. The van der Waals surface area contributed by atoms with E-state index in [4.69, 9.17) is 15.3 Å². The molecule has 5 nitrogen and oxygen atoms in total. The van der Waals surface area contributed by atoms with Crippen LogP contribution >= 0.6 is 0 Å². The molecule has 0 aliphatic rings. The average molecular weight is 284 g/mol. The van der Waals surface area contributed by atoms with Crippen LogP contribution in [0.2, 0.25) is 0 Å². The molecule has 108 valence electrons. The Balaban J connectivity index is 2.38. The molecule has 0 amide bonds. The fourth-order valence-electron chi connectivity index (χ4n) is 1.94. The molecule has 2 N–H and O–H groups in total. The van der Waals surface area contributed by atoms with Crippen molar-refractivity contribution in [3.05, 3.63) is 59.7 Å². The van der Waals surface area contributed by atoms with Crippen LogP contribution in [0.25, 0.3) is 0 Å². The third-order valence-electron chi connectivity index (χ3n) is 3.02. The fraction of sp³-hybridized carbons (Fsp3) is 0.125. The lowest BCUT2D eigenvalue weighted by Gasteiger charge is -2.08. The molecule has 0 aromatic heterocycles. The van der Waals surface area contributed by atoms with E-state index in [0.29, 0.717) is 22.6 Å². The van der Waals surface area contributed by atoms with Gasteiger partial charge in [0.25, 0.3) is 0 Å². The van der Waals surface area contributed by atoms with Crippen LogP contribution in [0.4, 0.5) is 0 Å². The van der Waals surface area contributed by atoms with Crippen molar-refractivity contribution in [3.8, 4) is 11.5 Å². The van der Waals surface area contributed by atoms with Gasteiger partial charge in [0.2, 0.25) is 5.78 Å². The minimum atomic E-state index is -0.273. The SMILES string of the molecule is COc1cccc(C(=O)C(=NN)c2cccc(OC)c2)c1. The van der Waals surface area contributed by atoms with Crippen LogP contribution in [0.1, 0.15) is 15.9 Å². The molecule has 0 aliphatic heterocycles. The Bertz CT molecular complexity index is 681. The molecule has 21 heavy (non-hydrogen) atoms. The molecule has 0 saturated carbocycles. The van der Waals surface area contributed by atoms with Gasteiger partial charge in [0.05, 0.1) is 14.2 Å². The Hall–Kier alpha value is -2.82. The van der Waals surface area contributed by atoms with E-state index in [2.05, 4.69) is 5.10 Å². The van der Waals surface area contributed by atoms with Crippen LogP contribution in [0.3, 0.4) is 0 Å². The van der Waals surface area contributed by atoms with Gasteiger partial charge in [0.1, 0.15) is 17.2 Å². The number of nitrogens with zero attached hydrogens (tertiary/aromatic N) is 1. The number of hydrogen-bond donors (Lipinski definition) is 1. The van der Waals surface area contributed by atoms with Gasteiger partial charge in [-0.25, -0.2) is 0 Å². The highest BCUT2D eigenvalue weighted by molar-refractivity contribution is 6.51. The van der Waals surface area contributed by atoms with Crippen molar-refractivity contribution in [3.63, 3.8) is 0 Å². The summed E-state index contributed by atoms with van der Waals surface area (Å²) in [4.78, 5) is 12.5. The van der Waals surface area contributed by atoms with Gasteiger partial charge >= 0.3 is 0 Å². The summed E-state index contributed by atoms with van der Waals surface area (Å²) >= 11 is 0. The number of benzene rings is 2. The highest BCUT2D eigenvalue weighted by Gasteiger charge is 2.17. The van der Waals surface area contributed by atoms with Crippen molar-refractivity contribution in [1.29, 1.82) is 0 Å². The summed E-state index contributed by atoms with van der Waals surface area (Å²) in [6, 6.07) is 13.9. The quantitative estimate of drug-likeness (QED) is 0.395. The van der Waals surface area contributed by atoms with Gasteiger partial charge in [0.15, 0.2) is 0 Å². The second kappa shape index (κ2) is 6.56. The molecular formula is C16H16N2O3. The lowest BCUT2D eigenvalue weighted by atomic mass is 10.0. The highest BCUT2D eigenvalue weighted by atomic mass is 16.5. The zero-order valence-corrected chi connectivity index (χ0v) is 11.9. The molecule has 0 unspecified atom stereocenters. The van der Waals surface area contributed by atoms with E-state index in [1.165, 1.54) is 0 Å². The van der Waals surface area contributed by atoms with Gasteiger partial charge in [-0.3, -0.25) is 4.79 Å². The molecule has 0 spiro atoms. The smallest absolute Gasteiger partial charge is 0.213 e. The summed E-state index contributed by atoms with van der Waals surface area (Å²) in [7, 11) is 3.10. The van der Waals surface area contributed by atoms with Gasteiger partial charge in [-0.1, -0.05) is 24.3 Å². The van der Waals surface area contributed by atoms with Crippen molar-refractivity contribution in [2.75, 3.05) is 14.2 Å². The minimum absolute atomic E-state index is 0.169. The summed E-state index contributed by atoms with van der Waals surface area (Å²) in [5.41, 5.74) is 1.23. The number of hydrazone groups is 1. The van der Waals surface area contributed by atoms with Crippen LogP contribution in [-0.2, 0) is 0 Å². The third kappa shape index (κ3) is 3.20. The molecule has 2 rings (SSSR count). The molecule has 0 heterocycles. The predicted octanol–water partition coefficient (Wildman–Crippen LogP) is 2.25. The highest BCUT2D eigenvalue weighted by Crippen LogP contribution is 2.18. The van der Waals surface area contributed by atoms with Gasteiger partial charge in [-0.05, 0) is 24.3 Å². The Labute approximate surface area is 123 Å². The number of carbonyl (C=O) groups excluding carboxylic acids is 1. The van der Waals surface area contributed by atoms with E-state index in [9.17, 15) is 4.79 Å². The van der Waals surface area contributed by atoms with Crippen molar-refractivity contribution in [2.24, 2.45) is 10.9 Å². The Morgan fingerprint density at radius 2 is 1.48 bits per heavy atom. The van der Waals surface area contributed by atoms with Crippen molar-refractivity contribution in [2.45, 2.75) is 0 Å². The fourth-order valence-corrected chi connectivity index (χ4v) is 1.94. The Kier molecular flexibility index (Phi) is 4.56. The summed E-state index contributed by atoms with van der Waals surface area (Å²) in [6.45, 7) is 0. The van der Waals surface area contributed by atoms with E-state index >= 15 is 0 Å². The monoisotopic (exact) mass is 284 g/mol. The minimum Gasteiger partial charge on any atom is -0.497 e. The maximum Gasteiger partial charge on any atom is 0.213 e. The zero-order valence-electron chi connectivity index (χ0n) is 11.9. The van der Waals surface area contributed by atoms with E-state index in [0.717, 1.165) is 0 Å². The summed E-state index contributed by atoms with van der Waals surface area (Å²) in [5.74, 6) is 6.36. The number of Topliss-reactive ketones (excluding diaryl/α,β-unsaturated/α-hetero) is 1. The van der Waals surface area contributed by atoms with E-state index in [-0.39, 0.29) is 11.5 Å². The normalized spacial score (nSPS) is 11.0. The lowest BCUT2D eigenvalue weighted by molar-refractivity contribution is 0.106. The molecule has 0 fully saturated rings. The topological polar surface area (TPSA) is 73.9 Å². The number of carbonyl (C=O) groups is 1. The van der Waals surface area contributed by atoms with Crippen molar-refractivity contribution >= 4 is 11.5 Å². The zero-order chi connectivity index (χ0) is 15.2. The van der Waals surface area contributed by atoms with Crippen LogP contribution in [0.5, 0.6) is 11.5 Å². The predicted molar refractivity (Wildman–Crippen MR) is 81.0 cm³/mol. The molecule has 0 aliphatic carbocycles. The van der Waals surface area contributed by atoms with E-state index < -0.39 is 0 Å². The molecule has 0 saturated heterocycles. The molecule has 2 aromatic rings. The van der Waals surface area contributed by atoms with Gasteiger partial charge in [0, 0.05) is 11.1 Å². The lowest BCUT2D eigenvalue weighted by Crippen LogP contribution is -2.18. The second-order valence-corrected chi connectivity index (χ2v) is 4.27.